The van der Waals surface area contributed by atoms with Crippen molar-refractivity contribution >= 4 is 24.2 Å². The van der Waals surface area contributed by atoms with Gasteiger partial charge in [-0.05, 0) is 37.8 Å². The summed E-state index contributed by atoms with van der Waals surface area (Å²) in [7, 11) is 0. The van der Waals surface area contributed by atoms with Gasteiger partial charge in [-0.25, -0.2) is 0 Å². The van der Waals surface area contributed by atoms with E-state index >= 15 is 0 Å². The van der Waals surface area contributed by atoms with Crippen molar-refractivity contribution in [1.82, 2.24) is 10.2 Å². The third-order valence-electron chi connectivity index (χ3n) is 5.36. The van der Waals surface area contributed by atoms with Crippen molar-refractivity contribution in [3.8, 4) is 5.75 Å². The average molecular weight is 398 g/mol. The maximum Gasteiger partial charge on any atom is 0.260 e. The summed E-state index contributed by atoms with van der Waals surface area (Å²) < 4.78 is 5.54. The zero-order chi connectivity index (χ0) is 19.2. The number of nitrogens with zero attached hydrogens (tertiary/aromatic N) is 1. The SMILES string of the molecule is CC(C)C(C)(CN)NC(=O)C1CCCN(C(=O)COc2ccccc2)C1.Cl. The summed E-state index contributed by atoms with van der Waals surface area (Å²) in [6, 6.07) is 9.27. The van der Waals surface area contributed by atoms with E-state index in [1.165, 1.54) is 0 Å². The van der Waals surface area contributed by atoms with E-state index in [-0.39, 0.29) is 42.7 Å². The van der Waals surface area contributed by atoms with E-state index in [0.29, 0.717) is 25.4 Å². The van der Waals surface area contributed by atoms with E-state index in [1.807, 2.05) is 51.1 Å². The van der Waals surface area contributed by atoms with Crippen LogP contribution in [0.2, 0.25) is 0 Å². The number of ether oxygens (including phenoxy) is 1. The van der Waals surface area contributed by atoms with Crippen molar-refractivity contribution in [2.24, 2.45) is 17.6 Å². The lowest BCUT2D eigenvalue weighted by atomic mass is 9.87. The lowest BCUT2D eigenvalue weighted by Crippen LogP contribution is -2.58. The number of carbonyl (C=O) groups is 2. The lowest BCUT2D eigenvalue weighted by Gasteiger charge is -2.37. The molecule has 1 aromatic rings. The monoisotopic (exact) mass is 397 g/mol. The first-order valence-electron chi connectivity index (χ1n) is 9.33. The van der Waals surface area contributed by atoms with Gasteiger partial charge in [-0.3, -0.25) is 9.59 Å². The van der Waals surface area contributed by atoms with Gasteiger partial charge < -0.3 is 20.7 Å². The molecule has 2 rings (SSSR count). The van der Waals surface area contributed by atoms with E-state index in [1.54, 1.807) is 4.90 Å². The third-order valence-corrected chi connectivity index (χ3v) is 5.36. The Hall–Kier alpha value is -1.79. The second-order valence-corrected chi connectivity index (χ2v) is 7.55. The molecule has 2 atom stereocenters. The quantitative estimate of drug-likeness (QED) is 0.738. The standard InChI is InChI=1S/C20H31N3O3.ClH/c1-15(2)20(3,14-21)22-19(25)16-8-7-11-23(12-16)18(24)13-26-17-9-5-4-6-10-17;/h4-6,9-10,15-16H,7-8,11-14,21H2,1-3H3,(H,22,25);1H. The molecule has 152 valence electrons. The van der Waals surface area contributed by atoms with Crippen LogP contribution < -0.4 is 15.8 Å². The molecule has 0 spiro atoms. The van der Waals surface area contributed by atoms with Crippen molar-refractivity contribution in [2.75, 3.05) is 26.2 Å². The van der Waals surface area contributed by atoms with Crippen LogP contribution in [-0.2, 0) is 9.59 Å². The van der Waals surface area contributed by atoms with Gasteiger partial charge in [-0.15, -0.1) is 12.4 Å². The molecule has 7 heteroatoms. The molecule has 1 aliphatic rings. The Morgan fingerprint density at radius 1 is 1.33 bits per heavy atom. The molecule has 1 heterocycles. The Labute approximate surface area is 168 Å². The molecule has 27 heavy (non-hydrogen) atoms. The van der Waals surface area contributed by atoms with Crippen LogP contribution in [0.3, 0.4) is 0 Å². The van der Waals surface area contributed by atoms with Gasteiger partial charge >= 0.3 is 0 Å². The zero-order valence-electron chi connectivity index (χ0n) is 16.4. The van der Waals surface area contributed by atoms with Gasteiger partial charge in [0.05, 0.1) is 11.5 Å². The van der Waals surface area contributed by atoms with Gasteiger partial charge in [0.15, 0.2) is 6.61 Å². The van der Waals surface area contributed by atoms with E-state index in [9.17, 15) is 9.59 Å². The fraction of sp³-hybridized carbons (Fsp3) is 0.600. The first-order valence-corrected chi connectivity index (χ1v) is 9.33. The lowest BCUT2D eigenvalue weighted by molar-refractivity contribution is -0.138. The highest BCUT2D eigenvalue weighted by Crippen LogP contribution is 2.21. The Morgan fingerprint density at radius 2 is 2.00 bits per heavy atom. The third kappa shape index (κ3) is 6.40. The second kappa shape index (κ2) is 10.5. The Morgan fingerprint density at radius 3 is 2.59 bits per heavy atom. The smallest absolute Gasteiger partial charge is 0.260 e. The van der Waals surface area contributed by atoms with Crippen LogP contribution in [0.25, 0.3) is 0 Å². The summed E-state index contributed by atoms with van der Waals surface area (Å²) in [4.78, 5) is 26.9. The maximum absolute atomic E-state index is 12.7. The number of nitrogens with one attached hydrogen (secondary N) is 1. The Bertz CT molecular complexity index is 612. The summed E-state index contributed by atoms with van der Waals surface area (Å²) in [5.74, 6) is 0.596. The van der Waals surface area contributed by atoms with Crippen LogP contribution in [0.1, 0.15) is 33.6 Å². The molecule has 0 saturated carbocycles. The van der Waals surface area contributed by atoms with Crippen LogP contribution in [0.5, 0.6) is 5.75 Å². The van der Waals surface area contributed by atoms with Crippen LogP contribution in [0.15, 0.2) is 30.3 Å². The van der Waals surface area contributed by atoms with Crippen LogP contribution >= 0.6 is 12.4 Å². The first kappa shape index (κ1) is 23.2. The number of rotatable bonds is 7. The molecule has 1 aromatic carbocycles. The highest BCUT2D eigenvalue weighted by atomic mass is 35.5. The highest BCUT2D eigenvalue weighted by molar-refractivity contribution is 5.85. The fourth-order valence-corrected chi connectivity index (χ4v) is 2.99. The molecule has 0 bridgehead atoms. The maximum atomic E-state index is 12.7. The molecule has 2 unspecified atom stereocenters. The van der Waals surface area contributed by atoms with Crippen LogP contribution in [0, 0.1) is 11.8 Å². The highest BCUT2D eigenvalue weighted by Gasteiger charge is 2.34. The molecule has 1 aliphatic heterocycles. The number of hydrogen-bond acceptors (Lipinski definition) is 4. The first-order chi connectivity index (χ1) is 12.4. The van der Waals surface area contributed by atoms with Gasteiger partial charge in [0.1, 0.15) is 5.75 Å². The number of likely N-dealkylation sites (tertiary alicyclic amines) is 1. The number of carbonyl (C=O) groups excluding carboxylic acids is 2. The predicted octanol–water partition coefficient (Wildman–Crippen LogP) is 2.22. The van der Waals surface area contributed by atoms with E-state index in [0.717, 1.165) is 12.8 Å². The second-order valence-electron chi connectivity index (χ2n) is 7.55. The zero-order valence-corrected chi connectivity index (χ0v) is 17.3. The molecular formula is C20H32ClN3O3. The Kier molecular flexibility index (Phi) is 9.06. The average Bonchev–Trinajstić information content (AvgIpc) is 2.66. The minimum absolute atomic E-state index is 0. The van der Waals surface area contributed by atoms with Gasteiger partial charge in [-0.2, -0.15) is 0 Å². The molecule has 1 fully saturated rings. The molecule has 6 nitrogen and oxygen atoms in total. The number of hydrogen-bond donors (Lipinski definition) is 2. The number of para-hydroxylation sites is 1. The summed E-state index contributed by atoms with van der Waals surface area (Å²) in [5.41, 5.74) is 5.43. The minimum Gasteiger partial charge on any atom is -0.484 e. The van der Waals surface area contributed by atoms with Crippen molar-refractivity contribution in [2.45, 2.75) is 39.2 Å². The number of nitrogens with two attached hydrogens (primary N) is 1. The topological polar surface area (TPSA) is 84.7 Å². The largest absolute Gasteiger partial charge is 0.484 e. The summed E-state index contributed by atoms with van der Waals surface area (Å²) in [6.07, 6.45) is 1.60. The van der Waals surface area contributed by atoms with Gasteiger partial charge in [-0.1, -0.05) is 32.0 Å². The van der Waals surface area contributed by atoms with Gasteiger partial charge in [0, 0.05) is 19.6 Å². The van der Waals surface area contributed by atoms with Gasteiger partial charge in [0.25, 0.3) is 5.91 Å². The van der Waals surface area contributed by atoms with Gasteiger partial charge in [0.2, 0.25) is 5.91 Å². The Balaban J connectivity index is 0.00000364. The summed E-state index contributed by atoms with van der Waals surface area (Å²) in [5, 5.41) is 3.10. The van der Waals surface area contributed by atoms with Crippen LogP contribution in [0.4, 0.5) is 0 Å². The molecule has 0 radical (unpaired) electrons. The normalized spacial score (nSPS) is 19.0. The van der Waals surface area contributed by atoms with E-state index in [2.05, 4.69) is 5.32 Å². The molecule has 2 amide bonds. The number of amides is 2. The summed E-state index contributed by atoms with van der Waals surface area (Å²) >= 11 is 0. The molecule has 3 N–H and O–H groups in total. The molecule has 0 aromatic heterocycles. The molecule has 1 saturated heterocycles. The van der Waals surface area contributed by atoms with Crippen molar-refractivity contribution in [3.05, 3.63) is 30.3 Å². The summed E-state index contributed by atoms with van der Waals surface area (Å²) in [6.45, 7) is 7.53. The molecule has 0 aliphatic carbocycles. The van der Waals surface area contributed by atoms with E-state index < -0.39 is 5.54 Å². The minimum atomic E-state index is -0.431. The van der Waals surface area contributed by atoms with Crippen LogP contribution in [-0.4, -0.2) is 48.5 Å². The molecular weight excluding hydrogens is 366 g/mol. The number of halogens is 1. The predicted molar refractivity (Wildman–Crippen MR) is 109 cm³/mol. The number of piperidine rings is 1. The fourth-order valence-electron chi connectivity index (χ4n) is 2.99. The van der Waals surface area contributed by atoms with Crippen molar-refractivity contribution < 1.29 is 14.3 Å². The van der Waals surface area contributed by atoms with Crippen molar-refractivity contribution in [1.29, 1.82) is 0 Å². The van der Waals surface area contributed by atoms with Crippen molar-refractivity contribution in [3.63, 3.8) is 0 Å². The van der Waals surface area contributed by atoms with E-state index in [4.69, 9.17) is 10.5 Å². The number of benzene rings is 1.